The van der Waals surface area contributed by atoms with Crippen LogP contribution >= 0.6 is 0 Å². The predicted molar refractivity (Wildman–Crippen MR) is 81.8 cm³/mol. The summed E-state index contributed by atoms with van der Waals surface area (Å²) in [4.78, 5) is 0. The number of rotatable bonds is 5. The number of benzene rings is 2. The lowest BCUT2D eigenvalue weighted by Crippen LogP contribution is -2.44. The minimum atomic E-state index is 0.352. The number of para-hydroxylation sites is 2. The van der Waals surface area contributed by atoms with E-state index in [2.05, 4.69) is 23.5 Å². The fraction of sp³-hybridized carbons (Fsp3) is 0.294. The van der Waals surface area contributed by atoms with Crippen LogP contribution in [0.15, 0.2) is 54.6 Å². The molecule has 1 fully saturated rings. The number of hydrogen-bond donors (Lipinski definition) is 2. The molecule has 0 spiro atoms. The third-order valence-electron chi connectivity index (χ3n) is 3.66. The van der Waals surface area contributed by atoms with Crippen molar-refractivity contribution in [3.63, 3.8) is 0 Å². The van der Waals surface area contributed by atoms with E-state index in [4.69, 9.17) is 10.5 Å². The minimum absolute atomic E-state index is 0.352. The molecule has 3 rings (SSSR count). The molecule has 0 aromatic heterocycles. The van der Waals surface area contributed by atoms with Crippen LogP contribution in [0.25, 0.3) is 0 Å². The van der Waals surface area contributed by atoms with Crippen LogP contribution in [0.2, 0.25) is 0 Å². The van der Waals surface area contributed by atoms with E-state index in [1.165, 1.54) is 5.56 Å². The summed E-state index contributed by atoms with van der Waals surface area (Å²) in [5.41, 5.74) is 8.05. The van der Waals surface area contributed by atoms with Gasteiger partial charge in [-0.1, -0.05) is 42.5 Å². The molecule has 0 saturated heterocycles. The maximum absolute atomic E-state index is 5.93. The van der Waals surface area contributed by atoms with Crippen LogP contribution in [0.3, 0.4) is 0 Å². The smallest absolute Gasteiger partial charge is 0.142 e. The molecule has 3 heteroatoms. The molecule has 3 N–H and O–H groups in total. The first-order valence-electron chi connectivity index (χ1n) is 7.09. The van der Waals surface area contributed by atoms with Crippen LogP contribution in [-0.4, -0.2) is 12.1 Å². The average molecular weight is 268 g/mol. The standard InChI is InChI=1S/C17H20N2O/c18-14-10-15(11-14)19-16-8-4-5-9-17(16)20-12-13-6-2-1-3-7-13/h1-9,14-15,19H,10-12,18H2. The van der Waals surface area contributed by atoms with Gasteiger partial charge in [-0.25, -0.2) is 0 Å². The van der Waals surface area contributed by atoms with E-state index in [9.17, 15) is 0 Å². The first kappa shape index (κ1) is 13.0. The monoisotopic (exact) mass is 268 g/mol. The molecule has 0 bridgehead atoms. The van der Waals surface area contributed by atoms with Gasteiger partial charge in [-0.15, -0.1) is 0 Å². The van der Waals surface area contributed by atoms with Gasteiger partial charge in [-0.3, -0.25) is 0 Å². The molecule has 2 aromatic carbocycles. The van der Waals surface area contributed by atoms with Crippen molar-refractivity contribution in [2.75, 3.05) is 5.32 Å². The SMILES string of the molecule is NC1CC(Nc2ccccc2OCc2ccccc2)C1. The van der Waals surface area contributed by atoms with Gasteiger partial charge in [0.25, 0.3) is 0 Å². The molecule has 0 unspecified atom stereocenters. The molecule has 0 aliphatic heterocycles. The molecule has 104 valence electrons. The second-order valence-electron chi connectivity index (χ2n) is 5.34. The zero-order valence-corrected chi connectivity index (χ0v) is 11.5. The Labute approximate surface area is 119 Å². The number of ether oxygens (including phenoxy) is 1. The van der Waals surface area contributed by atoms with E-state index >= 15 is 0 Å². The number of nitrogens with two attached hydrogens (primary N) is 1. The first-order chi connectivity index (χ1) is 9.81. The second kappa shape index (κ2) is 5.97. The van der Waals surface area contributed by atoms with E-state index < -0.39 is 0 Å². The van der Waals surface area contributed by atoms with E-state index in [1.54, 1.807) is 0 Å². The molecule has 3 nitrogen and oxygen atoms in total. The Hall–Kier alpha value is -2.00. The second-order valence-corrected chi connectivity index (χ2v) is 5.34. The molecule has 0 amide bonds. The minimum Gasteiger partial charge on any atom is -0.487 e. The van der Waals surface area contributed by atoms with Crippen molar-refractivity contribution < 1.29 is 4.74 Å². The topological polar surface area (TPSA) is 47.3 Å². The Morgan fingerprint density at radius 3 is 2.45 bits per heavy atom. The summed E-state index contributed by atoms with van der Waals surface area (Å²) in [6.45, 7) is 0.587. The van der Waals surface area contributed by atoms with Gasteiger partial charge in [0.1, 0.15) is 12.4 Å². The number of hydrogen-bond acceptors (Lipinski definition) is 3. The van der Waals surface area contributed by atoms with E-state index in [0.717, 1.165) is 24.3 Å². The molecule has 1 aliphatic carbocycles. The fourth-order valence-corrected chi connectivity index (χ4v) is 2.45. The van der Waals surface area contributed by atoms with Crippen molar-refractivity contribution >= 4 is 5.69 Å². The van der Waals surface area contributed by atoms with E-state index in [0.29, 0.717) is 18.7 Å². The normalized spacial score (nSPS) is 21.1. The van der Waals surface area contributed by atoms with Crippen LogP contribution in [-0.2, 0) is 6.61 Å². The maximum atomic E-state index is 5.93. The Bertz CT molecular complexity index is 550. The van der Waals surface area contributed by atoms with Gasteiger partial charge >= 0.3 is 0 Å². The Morgan fingerprint density at radius 1 is 1.00 bits per heavy atom. The number of nitrogens with one attached hydrogen (secondary N) is 1. The summed E-state index contributed by atoms with van der Waals surface area (Å²) in [5, 5.41) is 3.51. The third kappa shape index (κ3) is 3.11. The van der Waals surface area contributed by atoms with Gasteiger partial charge in [0.05, 0.1) is 5.69 Å². The van der Waals surface area contributed by atoms with Crippen LogP contribution in [0.5, 0.6) is 5.75 Å². The summed E-state index contributed by atoms with van der Waals surface area (Å²) >= 11 is 0. The summed E-state index contributed by atoms with van der Waals surface area (Å²) in [7, 11) is 0. The van der Waals surface area contributed by atoms with Crippen molar-refractivity contribution in [2.24, 2.45) is 5.73 Å². The van der Waals surface area contributed by atoms with Gasteiger partial charge in [0.2, 0.25) is 0 Å². The maximum Gasteiger partial charge on any atom is 0.142 e. The average Bonchev–Trinajstić information content (AvgIpc) is 2.46. The summed E-state index contributed by atoms with van der Waals surface area (Å²) in [6.07, 6.45) is 2.07. The molecular formula is C17H20N2O. The molecule has 0 heterocycles. The van der Waals surface area contributed by atoms with Gasteiger partial charge in [0, 0.05) is 12.1 Å². The van der Waals surface area contributed by atoms with Crippen molar-refractivity contribution in [2.45, 2.75) is 31.5 Å². The molecule has 2 aromatic rings. The summed E-state index contributed by atoms with van der Waals surface area (Å²) < 4.78 is 5.93. The highest BCUT2D eigenvalue weighted by molar-refractivity contribution is 5.57. The molecule has 1 aliphatic rings. The van der Waals surface area contributed by atoms with E-state index in [1.807, 2.05) is 36.4 Å². The zero-order valence-electron chi connectivity index (χ0n) is 11.5. The predicted octanol–water partition coefficient (Wildman–Crippen LogP) is 3.17. The van der Waals surface area contributed by atoms with Crippen molar-refractivity contribution in [3.05, 3.63) is 60.2 Å². The van der Waals surface area contributed by atoms with Crippen LogP contribution in [0.1, 0.15) is 18.4 Å². The van der Waals surface area contributed by atoms with Crippen LogP contribution in [0.4, 0.5) is 5.69 Å². The largest absolute Gasteiger partial charge is 0.487 e. The van der Waals surface area contributed by atoms with Gasteiger partial charge in [-0.05, 0) is 30.5 Å². The van der Waals surface area contributed by atoms with Crippen LogP contribution in [0, 0.1) is 0 Å². The van der Waals surface area contributed by atoms with Crippen molar-refractivity contribution in [3.8, 4) is 5.75 Å². The van der Waals surface area contributed by atoms with Crippen molar-refractivity contribution in [1.82, 2.24) is 0 Å². The van der Waals surface area contributed by atoms with Gasteiger partial charge < -0.3 is 15.8 Å². The van der Waals surface area contributed by atoms with Gasteiger partial charge in [-0.2, -0.15) is 0 Å². The fourth-order valence-electron chi connectivity index (χ4n) is 2.45. The van der Waals surface area contributed by atoms with Crippen molar-refractivity contribution in [1.29, 1.82) is 0 Å². The lowest BCUT2D eigenvalue weighted by molar-refractivity contribution is 0.305. The molecule has 0 atom stereocenters. The highest BCUT2D eigenvalue weighted by Gasteiger charge is 2.26. The molecular weight excluding hydrogens is 248 g/mol. The highest BCUT2D eigenvalue weighted by Crippen LogP contribution is 2.29. The lowest BCUT2D eigenvalue weighted by atomic mass is 9.87. The number of anilines is 1. The van der Waals surface area contributed by atoms with Gasteiger partial charge in [0.15, 0.2) is 0 Å². The van der Waals surface area contributed by atoms with Crippen LogP contribution < -0.4 is 15.8 Å². The Balaban J connectivity index is 1.63. The molecule has 0 radical (unpaired) electrons. The molecule has 1 saturated carbocycles. The third-order valence-corrected chi connectivity index (χ3v) is 3.66. The van der Waals surface area contributed by atoms with E-state index in [-0.39, 0.29) is 0 Å². The zero-order chi connectivity index (χ0) is 13.8. The Morgan fingerprint density at radius 2 is 1.70 bits per heavy atom. The molecule has 20 heavy (non-hydrogen) atoms. The Kier molecular flexibility index (Phi) is 3.88. The quantitative estimate of drug-likeness (QED) is 0.875. The first-order valence-corrected chi connectivity index (χ1v) is 7.09. The summed E-state index contributed by atoms with van der Waals surface area (Å²) in [5.74, 6) is 0.900. The summed E-state index contributed by atoms with van der Waals surface area (Å²) in [6, 6.07) is 19.1. The lowest BCUT2D eigenvalue weighted by Gasteiger charge is -2.34. The highest BCUT2D eigenvalue weighted by atomic mass is 16.5.